The van der Waals surface area contributed by atoms with Crippen molar-refractivity contribution in [1.29, 1.82) is 0 Å². The quantitative estimate of drug-likeness (QED) is 0.681. The molecule has 0 radical (unpaired) electrons. The molecule has 2 rings (SSSR count). The first-order chi connectivity index (χ1) is 11.9. The second kappa shape index (κ2) is 7.06. The lowest BCUT2D eigenvalue weighted by Crippen LogP contribution is -2.16. The summed E-state index contributed by atoms with van der Waals surface area (Å²) in [6, 6.07) is 4.70. The van der Waals surface area contributed by atoms with E-state index in [4.69, 9.17) is 16.3 Å². The summed E-state index contributed by atoms with van der Waals surface area (Å²) in [5, 5.41) is 2.14. The lowest BCUT2D eigenvalue weighted by Gasteiger charge is -2.15. The first kappa shape index (κ1) is 19.9. The van der Waals surface area contributed by atoms with E-state index in [1.807, 2.05) is 5.32 Å². The third kappa shape index (κ3) is 4.60. The Morgan fingerprint density at radius 1 is 0.962 bits per heavy atom. The van der Waals surface area contributed by atoms with Crippen molar-refractivity contribution in [1.82, 2.24) is 0 Å². The van der Waals surface area contributed by atoms with Crippen LogP contribution in [0, 0.1) is 0 Å². The number of benzene rings is 2. The van der Waals surface area contributed by atoms with Crippen LogP contribution in [0.3, 0.4) is 0 Å². The molecule has 1 N–H and O–H groups in total. The molecule has 0 atom stereocenters. The lowest BCUT2D eigenvalue weighted by molar-refractivity contribution is -0.143. The van der Waals surface area contributed by atoms with Crippen molar-refractivity contribution < 1.29 is 35.9 Å². The van der Waals surface area contributed by atoms with Crippen molar-refractivity contribution in [3.05, 3.63) is 58.1 Å². The maximum absolute atomic E-state index is 12.9. The number of nitrogens with one attached hydrogen (secondary N) is 1. The Kier molecular flexibility index (Phi) is 5.41. The van der Waals surface area contributed by atoms with Crippen LogP contribution in [-0.2, 0) is 12.4 Å². The van der Waals surface area contributed by atoms with Gasteiger partial charge >= 0.3 is 12.4 Å². The van der Waals surface area contributed by atoms with Crippen LogP contribution in [0.2, 0.25) is 5.02 Å². The monoisotopic (exact) mass is 397 g/mol. The van der Waals surface area contributed by atoms with Gasteiger partial charge in [-0.2, -0.15) is 26.3 Å². The van der Waals surface area contributed by atoms with Crippen LogP contribution in [0.1, 0.15) is 21.5 Å². The molecule has 3 nitrogen and oxygen atoms in total. The summed E-state index contributed by atoms with van der Waals surface area (Å²) in [5.41, 5.74) is -3.90. The summed E-state index contributed by atoms with van der Waals surface area (Å²) < 4.78 is 82.0. The predicted molar refractivity (Wildman–Crippen MR) is 82.4 cm³/mol. The van der Waals surface area contributed by atoms with E-state index < -0.39 is 35.1 Å². The average Bonchev–Trinajstić information content (AvgIpc) is 2.52. The molecule has 0 spiro atoms. The van der Waals surface area contributed by atoms with Gasteiger partial charge in [0, 0.05) is 10.7 Å². The summed E-state index contributed by atoms with van der Waals surface area (Å²) in [6.07, 6.45) is -10.0. The summed E-state index contributed by atoms with van der Waals surface area (Å²) in [7, 11) is 1.24. The number of rotatable bonds is 3. The number of halogens is 7. The predicted octanol–water partition coefficient (Wildman–Crippen LogP) is 5.64. The Morgan fingerprint density at radius 2 is 1.50 bits per heavy atom. The number of alkyl halides is 6. The van der Waals surface area contributed by atoms with Gasteiger partial charge < -0.3 is 10.1 Å². The van der Waals surface area contributed by atoms with Gasteiger partial charge in [0.2, 0.25) is 0 Å². The molecule has 2 aromatic rings. The van der Waals surface area contributed by atoms with Gasteiger partial charge in [-0.05, 0) is 36.4 Å². The number of carbonyl (C=O) groups is 1. The summed E-state index contributed by atoms with van der Waals surface area (Å²) >= 11 is 5.76. The van der Waals surface area contributed by atoms with Crippen LogP contribution < -0.4 is 10.1 Å². The Labute approximate surface area is 148 Å². The Hall–Kier alpha value is -2.42. The van der Waals surface area contributed by atoms with Gasteiger partial charge in [0.1, 0.15) is 5.75 Å². The summed E-state index contributed by atoms with van der Waals surface area (Å²) in [4.78, 5) is 12.3. The standard InChI is InChI=1S/C16H10ClF6NO2/c1-26-13-3-2-10(17)7-12(13)14(25)24-11-5-8(15(18,19)20)4-9(6-11)16(21,22)23/h2-7H,1H3,(H,24,25). The average molecular weight is 398 g/mol. The Morgan fingerprint density at radius 3 is 1.96 bits per heavy atom. The molecule has 140 valence electrons. The molecular weight excluding hydrogens is 388 g/mol. The third-order valence-electron chi connectivity index (χ3n) is 3.25. The molecule has 10 heteroatoms. The van der Waals surface area contributed by atoms with Gasteiger partial charge in [-0.25, -0.2) is 0 Å². The molecule has 0 saturated carbocycles. The topological polar surface area (TPSA) is 38.3 Å². The van der Waals surface area contributed by atoms with Crippen LogP contribution in [0.5, 0.6) is 5.75 Å². The Balaban J connectivity index is 2.46. The molecule has 0 saturated heterocycles. The third-order valence-corrected chi connectivity index (χ3v) is 3.49. The smallest absolute Gasteiger partial charge is 0.416 e. The SMILES string of the molecule is COc1ccc(Cl)cc1C(=O)Nc1cc(C(F)(F)F)cc(C(F)(F)F)c1. The normalized spacial score (nSPS) is 12.0. The molecule has 0 aliphatic rings. The zero-order valence-electron chi connectivity index (χ0n) is 12.9. The molecule has 0 aliphatic heterocycles. The molecule has 0 bridgehead atoms. The molecule has 0 aromatic heterocycles. The van der Waals surface area contributed by atoms with Crippen LogP contribution in [0.15, 0.2) is 36.4 Å². The number of hydrogen-bond donors (Lipinski definition) is 1. The van der Waals surface area contributed by atoms with E-state index in [1.165, 1.54) is 25.3 Å². The van der Waals surface area contributed by atoms with Crippen molar-refractivity contribution >= 4 is 23.2 Å². The molecule has 0 unspecified atom stereocenters. The minimum Gasteiger partial charge on any atom is -0.496 e. The first-order valence-corrected chi connectivity index (χ1v) is 7.24. The van der Waals surface area contributed by atoms with E-state index in [-0.39, 0.29) is 22.4 Å². The minimum absolute atomic E-state index is 0.0321. The van der Waals surface area contributed by atoms with Crippen LogP contribution >= 0.6 is 11.6 Å². The first-order valence-electron chi connectivity index (χ1n) is 6.86. The molecule has 0 aliphatic carbocycles. The van der Waals surface area contributed by atoms with E-state index in [9.17, 15) is 31.1 Å². The van der Waals surface area contributed by atoms with Gasteiger partial charge in [-0.1, -0.05) is 11.6 Å². The second-order valence-electron chi connectivity index (χ2n) is 5.09. The number of amides is 1. The number of carbonyl (C=O) groups excluding carboxylic acids is 1. The zero-order chi connectivity index (χ0) is 19.7. The van der Waals surface area contributed by atoms with Crippen molar-refractivity contribution in [2.45, 2.75) is 12.4 Å². The fourth-order valence-corrected chi connectivity index (χ4v) is 2.26. The number of methoxy groups -OCH3 is 1. The number of ether oxygens (including phenoxy) is 1. The fraction of sp³-hybridized carbons (Fsp3) is 0.188. The van der Waals surface area contributed by atoms with E-state index in [0.717, 1.165) is 0 Å². The summed E-state index contributed by atoms with van der Waals surface area (Å²) in [6.45, 7) is 0. The highest BCUT2D eigenvalue weighted by atomic mass is 35.5. The molecule has 2 aromatic carbocycles. The van der Waals surface area contributed by atoms with Gasteiger partial charge in [0.25, 0.3) is 5.91 Å². The highest BCUT2D eigenvalue weighted by Crippen LogP contribution is 2.37. The van der Waals surface area contributed by atoms with E-state index >= 15 is 0 Å². The van der Waals surface area contributed by atoms with Crippen LogP contribution in [0.4, 0.5) is 32.0 Å². The van der Waals surface area contributed by atoms with E-state index in [1.54, 1.807) is 0 Å². The summed E-state index contributed by atoms with van der Waals surface area (Å²) in [5.74, 6) is -0.924. The van der Waals surface area contributed by atoms with E-state index in [0.29, 0.717) is 12.1 Å². The zero-order valence-corrected chi connectivity index (χ0v) is 13.7. The maximum Gasteiger partial charge on any atom is 0.416 e. The van der Waals surface area contributed by atoms with Crippen LogP contribution in [0.25, 0.3) is 0 Å². The van der Waals surface area contributed by atoms with Crippen molar-refractivity contribution in [2.75, 3.05) is 12.4 Å². The number of hydrogen-bond acceptors (Lipinski definition) is 2. The van der Waals surface area contributed by atoms with Gasteiger partial charge in [0.05, 0.1) is 23.8 Å². The Bertz CT molecular complexity index is 800. The molecule has 26 heavy (non-hydrogen) atoms. The molecule has 0 heterocycles. The highest BCUT2D eigenvalue weighted by molar-refractivity contribution is 6.31. The van der Waals surface area contributed by atoms with Gasteiger partial charge in [-0.15, -0.1) is 0 Å². The molecular formula is C16H10ClF6NO2. The van der Waals surface area contributed by atoms with E-state index in [2.05, 4.69) is 0 Å². The van der Waals surface area contributed by atoms with Crippen LogP contribution in [-0.4, -0.2) is 13.0 Å². The van der Waals surface area contributed by atoms with Crippen molar-refractivity contribution in [2.24, 2.45) is 0 Å². The van der Waals surface area contributed by atoms with Crippen molar-refractivity contribution in [3.8, 4) is 5.75 Å². The van der Waals surface area contributed by atoms with Gasteiger partial charge in [0.15, 0.2) is 0 Å². The fourth-order valence-electron chi connectivity index (χ4n) is 2.08. The molecule has 1 amide bonds. The van der Waals surface area contributed by atoms with Gasteiger partial charge in [-0.3, -0.25) is 4.79 Å². The number of anilines is 1. The minimum atomic E-state index is -5.02. The highest BCUT2D eigenvalue weighted by Gasteiger charge is 2.37. The lowest BCUT2D eigenvalue weighted by atomic mass is 10.1. The maximum atomic E-state index is 12.9. The largest absolute Gasteiger partial charge is 0.496 e. The molecule has 0 fully saturated rings. The second-order valence-corrected chi connectivity index (χ2v) is 5.53. The van der Waals surface area contributed by atoms with Crippen molar-refractivity contribution in [3.63, 3.8) is 0 Å².